The average Bonchev–Trinajstić information content (AvgIpc) is 3.13. The van der Waals surface area contributed by atoms with Crippen molar-refractivity contribution in [1.29, 1.82) is 0 Å². The number of phenols is 1. The van der Waals surface area contributed by atoms with E-state index < -0.39 is 0 Å². The summed E-state index contributed by atoms with van der Waals surface area (Å²) in [7, 11) is 0. The van der Waals surface area contributed by atoms with Crippen LogP contribution in [0.4, 0.5) is 0 Å². The molecule has 3 heterocycles. The standard InChI is InChI=1S/C25H32N6O3/c1-4-34-21-15-18(8-9-20(21)32)16-30-12-10-22-28-29-24(31(22)14-13-30)23(17(2)3)27-25(33)19-7-5-6-11-26-19/h5-9,11,15,17,23,32H,4,10,12-14,16H2,1-3H3,(H,27,33). The van der Waals surface area contributed by atoms with Crippen molar-refractivity contribution < 1.29 is 14.6 Å². The molecule has 0 saturated heterocycles. The van der Waals surface area contributed by atoms with Crippen LogP contribution in [0.2, 0.25) is 0 Å². The van der Waals surface area contributed by atoms with Gasteiger partial charge >= 0.3 is 0 Å². The molecule has 1 aromatic carbocycles. The van der Waals surface area contributed by atoms with E-state index in [1.54, 1.807) is 30.5 Å². The number of hydrogen-bond acceptors (Lipinski definition) is 7. The second-order valence-electron chi connectivity index (χ2n) is 8.80. The number of carbonyl (C=O) groups excluding carboxylic acids is 1. The van der Waals surface area contributed by atoms with Crippen molar-refractivity contribution in [2.75, 3.05) is 19.7 Å². The van der Waals surface area contributed by atoms with Crippen molar-refractivity contribution >= 4 is 5.91 Å². The topological polar surface area (TPSA) is 105 Å². The van der Waals surface area contributed by atoms with E-state index in [1.807, 2.05) is 19.1 Å². The summed E-state index contributed by atoms with van der Waals surface area (Å²) in [5, 5.41) is 22.0. The minimum absolute atomic E-state index is 0.134. The number of carbonyl (C=O) groups is 1. The van der Waals surface area contributed by atoms with Crippen molar-refractivity contribution in [2.45, 2.75) is 46.3 Å². The highest BCUT2D eigenvalue weighted by molar-refractivity contribution is 5.92. The maximum Gasteiger partial charge on any atom is 0.270 e. The molecular weight excluding hydrogens is 432 g/mol. The maximum absolute atomic E-state index is 12.8. The number of nitrogens with zero attached hydrogens (tertiary/aromatic N) is 5. The molecule has 0 aliphatic carbocycles. The van der Waals surface area contributed by atoms with Gasteiger partial charge in [0, 0.05) is 38.8 Å². The first-order valence-electron chi connectivity index (χ1n) is 11.8. The van der Waals surface area contributed by atoms with Gasteiger partial charge in [-0.15, -0.1) is 10.2 Å². The lowest BCUT2D eigenvalue weighted by Gasteiger charge is -2.23. The second-order valence-corrected chi connectivity index (χ2v) is 8.80. The Hall–Kier alpha value is -3.46. The predicted octanol–water partition coefficient (Wildman–Crippen LogP) is 2.96. The number of nitrogens with one attached hydrogen (secondary N) is 1. The number of benzene rings is 1. The van der Waals surface area contributed by atoms with E-state index in [1.165, 1.54) is 0 Å². The Morgan fingerprint density at radius 2 is 2.03 bits per heavy atom. The van der Waals surface area contributed by atoms with E-state index in [4.69, 9.17) is 4.74 Å². The molecule has 1 aliphatic heterocycles. The molecule has 9 heteroatoms. The summed E-state index contributed by atoms with van der Waals surface area (Å²) >= 11 is 0. The highest BCUT2D eigenvalue weighted by Crippen LogP contribution is 2.28. The van der Waals surface area contributed by atoms with E-state index in [0.29, 0.717) is 18.1 Å². The first-order valence-corrected chi connectivity index (χ1v) is 11.8. The molecular formula is C25H32N6O3. The average molecular weight is 465 g/mol. The van der Waals surface area contributed by atoms with Crippen molar-refractivity contribution in [3.63, 3.8) is 0 Å². The molecule has 2 aromatic heterocycles. The van der Waals surface area contributed by atoms with Gasteiger partial charge in [0.25, 0.3) is 5.91 Å². The van der Waals surface area contributed by atoms with Gasteiger partial charge in [-0.3, -0.25) is 14.7 Å². The van der Waals surface area contributed by atoms with Crippen LogP contribution in [0.15, 0.2) is 42.6 Å². The van der Waals surface area contributed by atoms with Gasteiger partial charge in [-0.25, -0.2) is 0 Å². The minimum atomic E-state index is -0.270. The number of phenolic OH excluding ortho intramolecular Hbond substituents is 1. The normalized spacial score (nSPS) is 14.9. The monoisotopic (exact) mass is 464 g/mol. The van der Waals surface area contributed by atoms with Crippen molar-refractivity contribution in [2.24, 2.45) is 5.92 Å². The van der Waals surface area contributed by atoms with Crippen LogP contribution in [0.1, 0.15) is 54.5 Å². The van der Waals surface area contributed by atoms with Crippen molar-refractivity contribution in [3.05, 3.63) is 65.5 Å². The van der Waals surface area contributed by atoms with E-state index in [2.05, 4.69) is 43.8 Å². The first kappa shape index (κ1) is 23.7. The quantitative estimate of drug-likeness (QED) is 0.528. The summed E-state index contributed by atoms with van der Waals surface area (Å²) in [6, 6.07) is 10.5. The van der Waals surface area contributed by atoms with Crippen LogP contribution in [-0.4, -0.2) is 55.4 Å². The number of aromatic nitrogens is 4. The smallest absolute Gasteiger partial charge is 0.270 e. The molecule has 1 atom stereocenters. The zero-order chi connectivity index (χ0) is 24.1. The molecule has 1 unspecified atom stereocenters. The molecule has 0 spiro atoms. The molecule has 0 radical (unpaired) electrons. The first-order chi connectivity index (χ1) is 16.5. The van der Waals surface area contributed by atoms with Crippen LogP contribution in [0.3, 0.4) is 0 Å². The van der Waals surface area contributed by atoms with Gasteiger partial charge in [0.2, 0.25) is 0 Å². The molecule has 3 aromatic rings. The van der Waals surface area contributed by atoms with Crippen LogP contribution in [0.5, 0.6) is 11.5 Å². The maximum atomic E-state index is 12.8. The van der Waals surface area contributed by atoms with Gasteiger partial charge in [0.15, 0.2) is 17.3 Å². The van der Waals surface area contributed by atoms with E-state index in [0.717, 1.165) is 49.8 Å². The van der Waals surface area contributed by atoms with Crippen LogP contribution < -0.4 is 10.1 Å². The molecule has 0 fully saturated rings. The fourth-order valence-electron chi connectivity index (χ4n) is 4.21. The Labute approximate surface area is 199 Å². The summed E-state index contributed by atoms with van der Waals surface area (Å²) in [4.78, 5) is 19.3. The SMILES string of the molecule is CCOc1cc(CN2CCc3nnc(C(NC(=O)c4ccccn4)C(C)C)n3CC2)ccc1O. The summed E-state index contributed by atoms with van der Waals surface area (Å²) in [6.07, 6.45) is 2.38. The Morgan fingerprint density at radius 3 is 2.76 bits per heavy atom. The third-order valence-electron chi connectivity index (χ3n) is 6.01. The fraction of sp³-hybridized carbons (Fsp3) is 0.440. The van der Waals surface area contributed by atoms with Gasteiger partial charge in [0.05, 0.1) is 12.6 Å². The van der Waals surface area contributed by atoms with Crippen molar-refractivity contribution in [3.8, 4) is 11.5 Å². The van der Waals surface area contributed by atoms with Crippen LogP contribution >= 0.6 is 0 Å². The summed E-state index contributed by atoms with van der Waals surface area (Å²) in [6.45, 7) is 9.68. The molecule has 2 N–H and O–H groups in total. The highest BCUT2D eigenvalue weighted by Gasteiger charge is 2.28. The zero-order valence-corrected chi connectivity index (χ0v) is 19.9. The third-order valence-corrected chi connectivity index (χ3v) is 6.01. The fourth-order valence-corrected chi connectivity index (χ4v) is 4.21. The van der Waals surface area contributed by atoms with E-state index in [-0.39, 0.29) is 23.6 Å². The van der Waals surface area contributed by atoms with Crippen LogP contribution in [0, 0.1) is 5.92 Å². The molecule has 9 nitrogen and oxygen atoms in total. The molecule has 0 saturated carbocycles. The van der Waals surface area contributed by atoms with Crippen LogP contribution in [-0.2, 0) is 19.5 Å². The number of hydrogen-bond donors (Lipinski definition) is 2. The lowest BCUT2D eigenvalue weighted by Crippen LogP contribution is -2.34. The van der Waals surface area contributed by atoms with Gasteiger partial charge < -0.3 is 19.7 Å². The highest BCUT2D eigenvalue weighted by atomic mass is 16.5. The molecule has 1 aliphatic rings. The molecule has 4 rings (SSSR count). The van der Waals surface area contributed by atoms with Gasteiger partial charge in [0.1, 0.15) is 11.5 Å². The summed E-state index contributed by atoms with van der Waals surface area (Å²) in [5.41, 5.74) is 1.47. The Morgan fingerprint density at radius 1 is 1.18 bits per heavy atom. The summed E-state index contributed by atoms with van der Waals surface area (Å²) in [5.74, 6) is 2.29. The molecule has 34 heavy (non-hydrogen) atoms. The Kier molecular flexibility index (Phi) is 7.42. The van der Waals surface area contributed by atoms with Crippen LogP contribution in [0.25, 0.3) is 0 Å². The predicted molar refractivity (Wildman–Crippen MR) is 128 cm³/mol. The zero-order valence-electron chi connectivity index (χ0n) is 19.9. The number of amides is 1. The minimum Gasteiger partial charge on any atom is -0.504 e. The van der Waals surface area contributed by atoms with E-state index in [9.17, 15) is 9.90 Å². The molecule has 180 valence electrons. The number of rotatable bonds is 8. The van der Waals surface area contributed by atoms with Gasteiger partial charge in [-0.1, -0.05) is 26.0 Å². The molecule has 0 bridgehead atoms. The number of aromatic hydroxyl groups is 1. The number of ether oxygens (including phenoxy) is 1. The number of pyridine rings is 1. The number of fused-ring (bicyclic) bond motifs is 1. The van der Waals surface area contributed by atoms with Gasteiger partial charge in [-0.05, 0) is 42.7 Å². The van der Waals surface area contributed by atoms with Gasteiger partial charge in [-0.2, -0.15) is 0 Å². The summed E-state index contributed by atoms with van der Waals surface area (Å²) < 4.78 is 7.67. The van der Waals surface area contributed by atoms with E-state index >= 15 is 0 Å². The molecule has 1 amide bonds. The van der Waals surface area contributed by atoms with Crippen molar-refractivity contribution in [1.82, 2.24) is 30.0 Å². The Balaban J connectivity index is 1.47. The second kappa shape index (κ2) is 10.6. The lowest BCUT2D eigenvalue weighted by atomic mass is 10.0. The Bertz CT molecular complexity index is 1120. The lowest BCUT2D eigenvalue weighted by molar-refractivity contribution is 0.0916. The largest absolute Gasteiger partial charge is 0.504 e. The third kappa shape index (κ3) is 5.36.